The maximum atomic E-state index is 6.24. The molecule has 0 saturated carbocycles. The number of aryl methyl sites for hydroxylation is 1. The largest absolute Gasteiger partial charge is 0.233 e. The fourth-order valence-corrected chi connectivity index (χ4v) is 2.82. The van der Waals surface area contributed by atoms with Gasteiger partial charge in [0, 0.05) is 16.8 Å². The predicted octanol–water partition coefficient (Wildman–Crippen LogP) is 5.54. The number of aromatic nitrogens is 2. The summed E-state index contributed by atoms with van der Waals surface area (Å²) in [4.78, 5) is 8.83. The van der Waals surface area contributed by atoms with Gasteiger partial charge in [-0.25, -0.2) is 9.97 Å². The minimum atomic E-state index is 0.274. The molecule has 2 nitrogen and oxygen atoms in total. The summed E-state index contributed by atoms with van der Waals surface area (Å²) >= 11 is 18.4. The lowest BCUT2D eigenvalue weighted by molar-refractivity contribution is 0.831. The van der Waals surface area contributed by atoms with Gasteiger partial charge in [0.25, 0.3) is 0 Å². The topological polar surface area (TPSA) is 25.8 Å². The van der Waals surface area contributed by atoms with Crippen molar-refractivity contribution in [3.63, 3.8) is 0 Å². The molecular weight excluding hydrogens is 303 g/mol. The molecule has 0 bridgehead atoms. The van der Waals surface area contributed by atoms with E-state index in [0.717, 1.165) is 11.3 Å². The molecule has 1 aromatic carbocycles. The summed E-state index contributed by atoms with van der Waals surface area (Å²) in [5.41, 5.74) is 2.51. The van der Waals surface area contributed by atoms with E-state index in [1.54, 1.807) is 6.07 Å². The van der Waals surface area contributed by atoms with Gasteiger partial charge in [0.2, 0.25) is 0 Å². The molecule has 0 radical (unpaired) electrons. The first-order valence-corrected chi connectivity index (χ1v) is 7.03. The molecule has 0 spiro atoms. The van der Waals surface area contributed by atoms with Crippen LogP contribution in [0.4, 0.5) is 0 Å². The smallest absolute Gasteiger partial charge is 0.162 e. The second-order valence-electron chi connectivity index (χ2n) is 4.59. The third-order valence-corrected chi connectivity index (χ3v) is 3.97. The molecule has 1 aromatic heterocycles. The SMILES string of the molecule is Cc1nc(-c2cccc(Cl)c2Cl)nc(Cl)c1C(C)C. The second kappa shape index (κ2) is 5.66. The summed E-state index contributed by atoms with van der Waals surface area (Å²) in [6.45, 7) is 6.04. The minimum Gasteiger partial charge on any atom is -0.233 e. The zero-order chi connectivity index (χ0) is 14.2. The highest BCUT2D eigenvalue weighted by molar-refractivity contribution is 6.43. The Morgan fingerprint density at radius 2 is 1.74 bits per heavy atom. The molecule has 0 aliphatic rings. The van der Waals surface area contributed by atoms with E-state index >= 15 is 0 Å². The molecule has 19 heavy (non-hydrogen) atoms. The van der Waals surface area contributed by atoms with E-state index in [4.69, 9.17) is 34.8 Å². The van der Waals surface area contributed by atoms with Crippen LogP contribution in [-0.4, -0.2) is 9.97 Å². The van der Waals surface area contributed by atoms with Crippen molar-refractivity contribution >= 4 is 34.8 Å². The Bertz CT molecular complexity index is 601. The first-order chi connectivity index (χ1) is 8.91. The second-order valence-corrected chi connectivity index (χ2v) is 5.74. The highest BCUT2D eigenvalue weighted by Gasteiger charge is 2.16. The van der Waals surface area contributed by atoms with Crippen LogP contribution >= 0.6 is 34.8 Å². The van der Waals surface area contributed by atoms with Crippen LogP contribution in [0.3, 0.4) is 0 Å². The molecule has 2 aromatic rings. The molecular formula is C14H13Cl3N2. The van der Waals surface area contributed by atoms with Crippen LogP contribution in [0.1, 0.15) is 31.0 Å². The van der Waals surface area contributed by atoms with Crippen LogP contribution < -0.4 is 0 Å². The fraction of sp³-hybridized carbons (Fsp3) is 0.286. The van der Waals surface area contributed by atoms with Crippen molar-refractivity contribution in [1.29, 1.82) is 0 Å². The lowest BCUT2D eigenvalue weighted by Crippen LogP contribution is -2.02. The van der Waals surface area contributed by atoms with Gasteiger partial charge in [-0.15, -0.1) is 0 Å². The molecule has 5 heteroatoms. The lowest BCUT2D eigenvalue weighted by atomic mass is 10.0. The van der Waals surface area contributed by atoms with Crippen molar-refractivity contribution in [3.05, 3.63) is 44.7 Å². The van der Waals surface area contributed by atoms with Gasteiger partial charge < -0.3 is 0 Å². The highest BCUT2D eigenvalue weighted by atomic mass is 35.5. The Labute approximate surface area is 127 Å². The van der Waals surface area contributed by atoms with Crippen LogP contribution in [0.2, 0.25) is 15.2 Å². The molecule has 0 aliphatic heterocycles. The molecule has 1 heterocycles. The molecule has 0 atom stereocenters. The molecule has 2 rings (SSSR count). The average molecular weight is 316 g/mol. The minimum absolute atomic E-state index is 0.274. The Morgan fingerprint density at radius 1 is 1.05 bits per heavy atom. The summed E-state index contributed by atoms with van der Waals surface area (Å²) < 4.78 is 0. The van der Waals surface area contributed by atoms with Gasteiger partial charge in [0.05, 0.1) is 10.0 Å². The lowest BCUT2D eigenvalue weighted by Gasteiger charge is -2.13. The summed E-state index contributed by atoms with van der Waals surface area (Å²) in [5, 5.41) is 1.38. The standard InChI is InChI=1S/C14H13Cl3N2/c1-7(2)11-8(3)18-14(19-13(11)17)9-5-4-6-10(15)12(9)16/h4-7H,1-3H3. The van der Waals surface area contributed by atoms with Gasteiger partial charge in [-0.1, -0.05) is 54.7 Å². The molecule has 0 N–H and O–H groups in total. The van der Waals surface area contributed by atoms with Crippen LogP contribution in [0.15, 0.2) is 18.2 Å². The monoisotopic (exact) mass is 314 g/mol. The van der Waals surface area contributed by atoms with Crippen LogP contribution in [-0.2, 0) is 0 Å². The van der Waals surface area contributed by atoms with Crippen molar-refractivity contribution in [1.82, 2.24) is 9.97 Å². The Morgan fingerprint density at radius 3 is 2.32 bits per heavy atom. The Hall–Kier alpha value is -0.830. The van der Waals surface area contributed by atoms with Crippen molar-refractivity contribution in [2.45, 2.75) is 26.7 Å². The zero-order valence-corrected chi connectivity index (χ0v) is 13.1. The third kappa shape index (κ3) is 2.86. The van der Waals surface area contributed by atoms with E-state index in [2.05, 4.69) is 23.8 Å². The molecule has 0 unspecified atom stereocenters. The van der Waals surface area contributed by atoms with Gasteiger partial charge in [-0.3, -0.25) is 0 Å². The van der Waals surface area contributed by atoms with Crippen molar-refractivity contribution in [3.8, 4) is 11.4 Å². The van der Waals surface area contributed by atoms with Gasteiger partial charge in [0.1, 0.15) is 5.15 Å². The predicted molar refractivity (Wildman–Crippen MR) is 81.3 cm³/mol. The van der Waals surface area contributed by atoms with Crippen LogP contribution in [0.25, 0.3) is 11.4 Å². The van der Waals surface area contributed by atoms with Crippen molar-refractivity contribution in [2.75, 3.05) is 0 Å². The fourth-order valence-electron chi connectivity index (χ4n) is 2.00. The van der Waals surface area contributed by atoms with E-state index in [0.29, 0.717) is 26.6 Å². The average Bonchev–Trinajstić information content (AvgIpc) is 2.31. The van der Waals surface area contributed by atoms with Gasteiger partial charge in [-0.2, -0.15) is 0 Å². The van der Waals surface area contributed by atoms with Gasteiger partial charge in [-0.05, 0) is 25.0 Å². The number of hydrogen-bond acceptors (Lipinski definition) is 2. The molecule has 100 valence electrons. The van der Waals surface area contributed by atoms with Crippen molar-refractivity contribution in [2.24, 2.45) is 0 Å². The van der Waals surface area contributed by atoms with E-state index in [1.165, 1.54) is 0 Å². The van der Waals surface area contributed by atoms with E-state index in [9.17, 15) is 0 Å². The number of rotatable bonds is 2. The van der Waals surface area contributed by atoms with E-state index in [1.807, 2.05) is 19.1 Å². The Kier molecular flexibility index (Phi) is 4.34. The van der Waals surface area contributed by atoms with Gasteiger partial charge in [0.15, 0.2) is 5.82 Å². The quantitative estimate of drug-likeness (QED) is 0.680. The molecule has 0 fully saturated rings. The number of hydrogen-bond donors (Lipinski definition) is 0. The summed E-state index contributed by atoms with van der Waals surface area (Å²) in [5.74, 6) is 0.774. The first-order valence-electron chi connectivity index (χ1n) is 5.90. The normalized spacial score (nSPS) is 11.1. The molecule has 0 aliphatic carbocycles. The maximum absolute atomic E-state index is 6.24. The first kappa shape index (κ1) is 14.6. The Balaban J connectivity index is 2.62. The molecule has 0 amide bonds. The summed E-state index contributed by atoms with van der Waals surface area (Å²) in [7, 11) is 0. The van der Waals surface area contributed by atoms with E-state index < -0.39 is 0 Å². The van der Waals surface area contributed by atoms with E-state index in [-0.39, 0.29) is 5.92 Å². The van der Waals surface area contributed by atoms with Gasteiger partial charge >= 0.3 is 0 Å². The van der Waals surface area contributed by atoms with Crippen LogP contribution in [0, 0.1) is 6.92 Å². The maximum Gasteiger partial charge on any atom is 0.162 e. The third-order valence-electron chi connectivity index (χ3n) is 2.86. The zero-order valence-electron chi connectivity index (χ0n) is 10.8. The summed E-state index contributed by atoms with van der Waals surface area (Å²) in [6, 6.07) is 5.37. The van der Waals surface area contributed by atoms with Crippen molar-refractivity contribution < 1.29 is 0 Å². The number of nitrogens with zero attached hydrogens (tertiary/aromatic N) is 2. The number of benzene rings is 1. The highest BCUT2D eigenvalue weighted by Crippen LogP contribution is 2.34. The summed E-state index contributed by atoms with van der Waals surface area (Å²) in [6.07, 6.45) is 0. The number of halogens is 3. The molecule has 0 saturated heterocycles. The van der Waals surface area contributed by atoms with Crippen LogP contribution in [0.5, 0.6) is 0 Å².